The third-order valence-electron chi connectivity index (χ3n) is 2.02. The Morgan fingerprint density at radius 1 is 1.50 bits per heavy atom. The third kappa shape index (κ3) is 2.44. The van der Waals surface area contributed by atoms with Gasteiger partial charge < -0.3 is 5.73 Å². The summed E-state index contributed by atoms with van der Waals surface area (Å²) in [5.74, 6) is -0.408. The molecule has 1 aromatic rings. The Morgan fingerprint density at radius 3 is 2.50 bits per heavy atom. The molecule has 0 aliphatic carbocycles. The lowest BCUT2D eigenvalue weighted by molar-refractivity contribution is 0.620. The van der Waals surface area contributed by atoms with Gasteiger partial charge in [0, 0.05) is 6.04 Å². The van der Waals surface area contributed by atoms with Gasteiger partial charge >= 0.3 is 0 Å². The second-order valence-corrected chi connectivity index (χ2v) is 3.07. The molecule has 0 saturated carbocycles. The Kier molecular flexibility index (Phi) is 4.55. The molecule has 0 saturated heterocycles. The van der Waals surface area contributed by atoms with Crippen molar-refractivity contribution in [3.05, 3.63) is 34.6 Å². The van der Waals surface area contributed by atoms with Crippen molar-refractivity contribution in [1.29, 1.82) is 5.26 Å². The summed E-state index contributed by atoms with van der Waals surface area (Å²) in [6.07, 6.45) is 0. The normalized spacial score (nSPS) is 11.4. The Balaban J connectivity index is 0.00000169. The number of benzene rings is 1. The summed E-state index contributed by atoms with van der Waals surface area (Å²) in [5.41, 5.74) is 7.44. The van der Waals surface area contributed by atoms with E-state index in [0.29, 0.717) is 11.1 Å². The first kappa shape index (κ1) is 12.9. The standard InChI is InChI=1S/C10H11FN2.ClH/c1-6-8(5-12)3-9(11)4-10(6)7(2)13;/h3-4,7H,13H2,1-2H3;1H/t7-;/m1./s1. The molecule has 0 fully saturated rings. The number of nitriles is 1. The van der Waals surface area contributed by atoms with Crippen LogP contribution in [-0.4, -0.2) is 0 Å². The van der Waals surface area contributed by atoms with E-state index in [0.717, 1.165) is 5.56 Å². The highest BCUT2D eigenvalue weighted by Crippen LogP contribution is 2.20. The zero-order valence-electron chi connectivity index (χ0n) is 8.04. The average Bonchev–Trinajstić information content (AvgIpc) is 2.08. The molecule has 0 bridgehead atoms. The van der Waals surface area contributed by atoms with Gasteiger partial charge in [0.15, 0.2) is 0 Å². The zero-order valence-corrected chi connectivity index (χ0v) is 8.86. The smallest absolute Gasteiger partial charge is 0.124 e. The van der Waals surface area contributed by atoms with Crippen molar-refractivity contribution in [3.63, 3.8) is 0 Å². The molecule has 0 amide bonds. The highest BCUT2D eigenvalue weighted by molar-refractivity contribution is 5.85. The lowest BCUT2D eigenvalue weighted by atomic mass is 9.98. The van der Waals surface area contributed by atoms with Crippen molar-refractivity contribution in [1.82, 2.24) is 0 Å². The van der Waals surface area contributed by atoms with Crippen LogP contribution in [0.15, 0.2) is 12.1 Å². The Hall–Kier alpha value is -1.11. The largest absolute Gasteiger partial charge is 0.324 e. The average molecular weight is 215 g/mol. The van der Waals surface area contributed by atoms with E-state index >= 15 is 0 Å². The second kappa shape index (κ2) is 4.94. The monoisotopic (exact) mass is 214 g/mol. The lowest BCUT2D eigenvalue weighted by Crippen LogP contribution is -2.08. The summed E-state index contributed by atoms with van der Waals surface area (Å²) in [4.78, 5) is 0. The fourth-order valence-corrected chi connectivity index (χ4v) is 1.29. The number of halogens is 2. The highest BCUT2D eigenvalue weighted by atomic mass is 35.5. The molecule has 0 aromatic heterocycles. The number of rotatable bonds is 1. The van der Waals surface area contributed by atoms with E-state index in [-0.39, 0.29) is 18.4 Å². The number of hydrogen-bond acceptors (Lipinski definition) is 2. The lowest BCUT2D eigenvalue weighted by Gasteiger charge is -2.10. The van der Waals surface area contributed by atoms with E-state index in [1.54, 1.807) is 13.8 Å². The molecular formula is C10H12ClFN2. The maximum absolute atomic E-state index is 12.9. The van der Waals surface area contributed by atoms with Crippen LogP contribution >= 0.6 is 12.4 Å². The molecule has 2 N–H and O–H groups in total. The predicted molar refractivity (Wildman–Crippen MR) is 55.7 cm³/mol. The van der Waals surface area contributed by atoms with Crippen LogP contribution in [0, 0.1) is 24.1 Å². The van der Waals surface area contributed by atoms with E-state index in [2.05, 4.69) is 0 Å². The first-order valence-corrected chi connectivity index (χ1v) is 4.02. The van der Waals surface area contributed by atoms with Gasteiger partial charge in [-0.3, -0.25) is 0 Å². The maximum Gasteiger partial charge on any atom is 0.124 e. The summed E-state index contributed by atoms with van der Waals surface area (Å²) in [6.45, 7) is 3.54. The first-order valence-electron chi connectivity index (χ1n) is 4.02. The molecule has 0 aliphatic heterocycles. The number of nitrogens with zero attached hydrogens (tertiary/aromatic N) is 1. The van der Waals surface area contributed by atoms with Crippen molar-refractivity contribution in [2.75, 3.05) is 0 Å². The Labute approximate surface area is 88.9 Å². The van der Waals surface area contributed by atoms with Crippen molar-refractivity contribution in [3.8, 4) is 6.07 Å². The van der Waals surface area contributed by atoms with Crippen LogP contribution in [0.25, 0.3) is 0 Å². The first-order chi connectivity index (χ1) is 6.06. The van der Waals surface area contributed by atoms with Crippen LogP contribution in [-0.2, 0) is 0 Å². The Bertz CT molecular complexity index is 369. The zero-order chi connectivity index (χ0) is 10.0. The minimum absolute atomic E-state index is 0. The highest BCUT2D eigenvalue weighted by Gasteiger charge is 2.09. The summed E-state index contributed by atoms with van der Waals surface area (Å²) in [7, 11) is 0. The van der Waals surface area contributed by atoms with Gasteiger partial charge in [-0.15, -0.1) is 12.4 Å². The van der Waals surface area contributed by atoms with Gasteiger partial charge in [0.2, 0.25) is 0 Å². The molecule has 1 atom stereocenters. The van der Waals surface area contributed by atoms with Crippen molar-refractivity contribution >= 4 is 12.4 Å². The fourth-order valence-electron chi connectivity index (χ4n) is 1.29. The fraction of sp³-hybridized carbons (Fsp3) is 0.300. The van der Waals surface area contributed by atoms with Gasteiger partial charge in [-0.05, 0) is 37.1 Å². The third-order valence-corrected chi connectivity index (χ3v) is 2.02. The van der Waals surface area contributed by atoms with Crippen LogP contribution in [0.4, 0.5) is 4.39 Å². The molecule has 2 nitrogen and oxygen atoms in total. The van der Waals surface area contributed by atoms with Crippen LogP contribution in [0.2, 0.25) is 0 Å². The molecule has 0 spiro atoms. The van der Waals surface area contributed by atoms with Gasteiger partial charge in [-0.1, -0.05) is 0 Å². The minimum atomic E-state index is -0.408. The molecule has 1 rings (SSSR count). The number of hydrogen-bond donors (Lipinski definition) is 1. The quantitative estimate of drug-likeness (QED) is 0.781. The van der Waals surface area contributed by atoms with Crippen molar-refractivity contribution in [2.45, 2.75) is 19.9 Å². The van der Waals surface area contributed by atoms with Crippen molar-refractivity contribution in [2.24, 2.45) is 5.73 Å². The van der Waals surface area contributed by atoms with Crippen molar-refractivity contribution < 1.29 is 4.39 Å². The molecule has 1 aromatic carbocycles. The molecule has 0 heterocycles. The molecular weight excluding hydrogens is 203 g/mol. The van der Waals surface area contributed by atoms with E-state index in [4.69, 9.17) is 11.0 Å². The maximum atomic E-state index is 12.9. The summed E-state index contributed by atoms with van der Waals surface area (Å²) >= 11 is 0. The number of nitrogens with two attached hydrogens (primary N) is 1. The SMILES string of the molecule is Cc1c(C#N)cc(F)cc1[C@@H](C)N.Cl. The molecule has 0 radical (unpaired) electrons. The van der Waals surface area contributed by atoms with Gasteiger partial charge in [0.1, 0.15) is 5.82 Å². The van der Waals surface area contributed by atoms with Gasteiger partial charge in [-0.2, -0.15) is 5.26 Å². The van der Waals surface area contributed by atoms with Crippen LogP contribution in [0.3, 0.4) is 0 Å². The van der Waals surface area contributed by atoms with E-state index in [1.807, 2.05) is 6.07 Å². The van der Waals surface area contributed by atoms with Gasteiger partial charge in [-0.25, -0.2) is 4.39 Å². The molecule has 76 valence electrons. The second-order valence-electron chi connectivity index (χ2n) is 3.07. The molecule has 14 heavy (non-hydrogen) atoms. The van der Waals surface area contributed by atoms with E-state index in [9.17, 15) is 4.39 Å². The van der Waals surface area contributed by atoms with Crippen LogP contribution < -0.4 is 5.73 Å². The molecule has 0 aliphatic rings. The Morgan fingerprint density at radius 2 is 2.07 bits per heavy atom. The predicted octanol–water partition coefficient (Wildman–Crippen LogP) is 2.45. The van der Waals surface area contributed by atoms with Gasteiger partial charge in [0.25, 0.3) is 0 Å². The van der Waals surface area contributed by atoms with E-state index < -0.39 is 5.82 Å². The van der Waals surface area contributed by atoms with Crippen LogP contribution in [0.1, 0.15) is 29.7 Å². The molecule has 0 unspecified atom stereocenters. The molecule has 4 heteroatoms. The van der Waals surface area contributed by atoms with E-state index in [1.165, 1.54) is 12.1 Å². The summed E-state index contributed by atoms with van der Waals surface area (Å²) < 4.78 is 12.9. The summed E-state index contributed by atoms with van der Waals surface area (Å²) in [6, 6.07) is 4.29. The topological polar surface area (TPSA) is 49.8 Å². The minimum Gasteiger partial charge on any atom is -0.324 e. The summed E-state index contributed by atoms with van der Waals surface area (Å²) in [5, 5.41) is 8.69. The van der Waals surface area contributed by atoms with Crippen LogP contribution in [0.5, 0.6) is 0 Å². The van der Waals surface area contributed by atoms with Gasteiger partial charge in [0.05, 0.1) is 11.6 Å².